The van der Waals surface area contributed by atoms with E-state index in [1.54, 1.807) is 19.9 Å². The Hall–Kier alpha value is -0.870. The summed E-state index contributed by atoms with van der Waals surface area (Å²) in [4.78, 5) is 11.5. The van der Waals surface area contributed by atoms with Gasteiger partial charge in [-0.3, -0.25) is 9.00 Å². The van der Waals surface area contributed by atoms with Crippen LogP contribution in [0, 0.1) is 5.41 Å². The van der Waals surface area contributed by atoms with Crippen LogP contribution in [0.1, 0.15) is 19.4 Å². The highest BCUT2D eigenvalue weighted by Crippen LogP contribution is 2.22. The first kappa shape index (κ1) is 15.2. The van der Waals surface area contributed by atoms with Crippen molar-refractivity contribution in [2.75, 3.05) is 12.9 Å². The number of benzene rings is 1. The third-order valence-corrected chi connectivity index (χ3v) is 4.58. The van der Waals surface area contributed by atoms with Crippen LogP contribution in [-0.2, 0) is 26.1 Å². The van der Waals surface area contributed by atoms with E-state index >= 15 is 0 Å². The van der Waals surface area contributed by atoms with Crippen LogP contribution in [0.3, 0.4) is 0 Å². The summed E-state index contributed by atoms with van der Waals surface area (Å²) in [6.07, 6.45) is 0. The molecule has 0 aliphatic rings. The molecule has 0 fully saturated rings. The first-order chi connectivity index (χ1) is 8.36. The third-order valence-electron chi connectivity index (χ3n) is 2.53. The van der Waals surface area contributed by atoms with E-state index < -0.39 is 16.2 Å². The molecule has 0 aromatic heterocycles. The van der Waals surface area contributed by atoms with Crippen molar-refractivity contribution >= 4 is 28.4 Å². The minimum absolute atomic E-state index is 0.255. The van der Waals surface area contributed by atoms with Crippen LogP contribution < -0.4 is 0 Å². The monoisotopic (exact) mass is 288 g/mol. The van der Waals surface area contributed by atoms with Gasteiger partial charge in [-0.25, -0.2) is 0 Å². The average Bonchev–Trinajstić information content (AvgIpc) is 2.30. The van der Waals surface area contributed by atoms with E-state index in [2.05, 4.69) is 0 Å². The van der Waals surface area contributed by atoms with Gasteiger partial charge in [-0.15, -0.1) is 0 Å². The van der Waals surface area contributed by atoms with Gasteiger partial charge in [0.1, 0.15) is 0 Å². The molecule has 5 heteroatoms. The minimum Gasteiger partial charge on any atom is -0.469 e. The van der Waals surface area contributed by atoms with Gasteiger partial charge >= 0.3 is 5.97 Å². The van der Waals surface area contributed by atoms with Crippen molar-refractivity contribution in [3.8, 4) is 0 Å². The molecule has 1 atom stereocenters. The molecule has 18 heavy (non-hydrogen) atoms. The van der Waals surface area contributed by atoms with Gasteiger partial charge in [-0.1, -0.05) is 29.8 Å². The van der Waals surface area contributed by atoms with Crippen LogP contribution in [0.2, 0.25) is 5.02 Å². The Morgan fingerprint density at radius 3 is 2.56 bits per heavy atom. The highest BCUT2D eigenvalue weighted by atomic mass is 35.5. The maximum atomic E-state index is 12.0. The molecule has 100 valence electrons. The quantitative estimate of drug-likeness (QED) is 0.783. The lowest BCUT2D eigenvalue weighted by molar-refractivity contribution is -0.149. The zero-order chi connectivity index (χ0) is 13.8. The minimum atomic E-state index is -1.16. The zero-order valence-corrected chi connectivity index (χ0v) is 12.3. The Morgan fingerprint density at radius 1 is 1.39 bits per heavy atom. The van der Waals surface area contributed by atoms with Crippen LogP contribution in [0.15, 0.2) is 24.3 Å². The third kappa shape index (κ3) is 4.10. The fraction of sp³-hybridized carbons (Fsp3) is 0.462. The van der Waals surface area contributed by atoms with E-state index in [9.17, 15) is 9.00 Å². The Labute approximate surface area is 115 Å². The lowest BCUT2D eigenvalue weighted by Gasteiger charge is -2.20. The molecule has 0 saturated heterocycles. The molecule has 1 aromatic rings. The van der Waals surface area contributed by atoms with Gasteiger partial charge < -0.3 is 4.74 Å². The molecule has 0 aliphatic heterocycles. The number of carbonyl (C=O) groups is 1. The number of ether oxygens (including phenoxy) is 1. The highest BCUT2D eigenvalue weighted by molar-refractivity contribution is 7.84. The van der Waals surface area contributed by atoms with Crippen molar-refractivity contribution in [1.29, 1.82) is 0 Å². The Morgan fingerprint density at radius 2 is 2.00 bits per heavy atom. The first-order valence-electron chi connectivity index (χ1n) is 5.53. The van der Waals surface area contributed by atoms with Crippen molar-refractivity contribution in [2.45, 2.75) is 19.6 Å². The number of rotatable bonds is 5. The molecule has 0 bridgehead atoms. The van der Waals surface area contributed by atoms with Gasteiger partial charge in [-0.05, 0) is 25.5 Å². The van der Waals surface area contributed by atoms with Gasteiger partial charge in [-0.2, -0.15) is 0 Å². The van der Waals surface area contributed by atoms with Crippen molar-refractivity contribution in [2.24, 2.45) is 5.41 Å². The molecule has 0 spiro atoms. The maximum Gasteiger partial charge on any atom is 0.312 e. The SMILES string of the molecule is COC(=O)C(C)(C)CS(=O)Cc1ccccc1Cl. The molecule has 0 heterocycles. The summed E-state index contributed by atoms with van der Waals surface area (Å²) in [5.74, 6) is 0.250. The second-order valence-corrected chi connectivity index (χ2v) is 6.56. The Kier molecular flexibility index (Phi) is 5.35. The molecule has 3 nitrogen and oxygen atoms in total. The molecule has 0 saturated carbocycles. The van der Waals surface area contributed by atoms with Crippen molar-refractivity contribution in [3.63, 3.8) is 0 Å². The van der Waals surface area contributed by atoms with Gasteiger partial charge in [0.2, 0.25) is 0 Å². The average molecular weight is 289 g/mol. The summed E-state index contributed by atoms with van der Waals surface area (Å²) in [6, 6.07) is 7.28. The number of methoxy groups -OCH3 is 1. The molecular weight excluding hydrogens is 272 g/mol. The van der Waals surface area contributed by atoms with Gasteiger partial charge in [0.15, 0.2) is 0 Å². The second kappa shape index (κ2) is 6.34. The smallest absolute Gasteiger partial charge is 0.312 e. The van der Waals surface area contributed by atoms with Crippen molar-refractivity contribution < 1.29 is 13.7 Å². The predicted molar refractivity (Wildman–Crippen MR) is 74.0 cm³/mol. The number of hydrogen-bond acceptors (Lipinski definition) is 3. The summed E-state index contributed by atoms with van der Waals surface area (Å²) >= 11 is 6.00. The number of halogens is 1. The Balaban J connectivity index is 2.68. The molecule has 0 radical (unpaired) electrons. The standard InChI is InChI=1S/C13H17ClO3S/c1-13(2,12(15)17-3)9-18(16)8-10-6-4-5-7-11(10)14/h4-7H,8-9H2,1-3H3. The van der Waals surface area contributed by atoms with E-state index in [1.165, 1.54) is 7.11 Å². The molecule has 1 aromatic carbocycles. The lowest BCUT2D eigenvalue weighted by atomic mass is 9.97. The van der Waals surface area contributed by atoms with Crippen LogP contribution in [-0.4, -0.2) is 23.0 Å². The lowest BCUT2D eigenvalue weighted by Crippen LogP contribution is -2.31. The summed E-state index contributed by atoms with van der Waals surface area (Å²) in [5.41, 5.74) is 0.0825. The zero-order valence-electron chi connectivity index (χ0n) is 10.7. The summed E-state index contributed by atoms with van der Waals surface area (Å²) in [6.45, 7) is 3.45. The molecule has 0 amide bonds. The number of hydrogen-bond donors (Lipinski definition) is 0. The Bertz CT molecular complexity index is 457. The van der Waals surface area contributed by atoms with E-state index in [1.807, 2.05) is 18.2 Å². The van der Waals surface area contributed by atoms with Crippen LogP contribution in [0.5, 0.6) is 0 Å². The van der Waals surface area contributed by atoms with E-state index in [-0.39, 0.29) is 11.7 Å². The van der Waals surface area contributed by atoms with Crippen LogP contribution >= 0.6 is 11.6 Å². The van der Waals surface area contributed by atoms with Gasteiger partial charge in [0.25, 0.3) is 0 Å². The number of carbonyl (C=O) groups excluding carboxylic acids is 1. The number of esters is 1. The van der Waals surface area contributed by atoms with Crippen LogP contribution in [0.25, 0.3) is 0 Å². The maximum absolute atomic E-state index is 12.0. The van der Waals surface area contributed by atoms with Gasteiger partial charge in [0, 0.05) is 21.6 Å². The summed E-state index contributed by atoms with van der Waals surface area (Å²) in [5, 5.41) is 0.599. The topological polar surface area (TPSA) is 43.4 Å². The predicted octanol–water partition coefficient (Wildman–Crippen LogP) is 2.79. The largest absolute Gasteiger partial charge is 0.469 e. The summed E-state index contributed by atoms with van der Waals surface area (Å²) in [7, 11) is 0.176. The van der Waals surface area contributed by atoms with Crippen LogP contribution in [0.4, 0.5) is 0 Å². The van der Waals surface area contributed by atoms with E-state index in [4.69, 9.17) is 16.3 Å². The summed E-state index contributed by atoms with van der Waals surface area (Å²) < 4.78 is 16.7. The van der Waals surface area contributed by atoms with Crippen molar-refractivity contribution in [1.82, 2.24) is 0 Å². The van der Waals surface area contributed by atoms with Gasteiger partial charge in [0.05, 0.1) is 18.3 Å². The normalized spacial score (nSPS) is 13.1. The molecule has 1 rings (SSSR count). The fourth-order valence-corrected chi connectivity index (χ4v) is 3.48. The molecule has 0 N–H and O–H groups in total. The first-order valence-corrected chi connectivity index (χ1v) is 7.40. The molecule has 1 unspecified atom stereocenters. The van der Waals surface area contributed by atoms with E-state index in [0.717, 1.165) is 5.56 Å². The highest BCUT2D eigenvalue weighted by Gasteiger charge is 2.31. The van der Waals surface area contributed by atoms with Crippen molar-refractivity contribution in [3.05, 3.63) is 34.9 Å². The molecule has 0 aliphatic carbocycles. The fourth-order valence-electron chi connectivity index (χ4n) is 1.58. The molecular formula is C13H17ClO3S. The second-order valence-electron chi connectivity index (χ2n) is 4.70. The van der Waals surface area contributed by atoms with E-state index in [0.29, 0.717) is 10.8 Å².